The van der Waals surface area contributed by atoms with E-state index in [0.717, 1.165) is 19.5 Å². The topological polar surface area (TPSA) is 16.1 Å². The summed E-state index contributed by atoms with van der Waals surface area (Å²) >= 11 is 5.63. The van der Waals surface area contributed by atoms with E-state index in [2.05, 4.69) is 29.1 Å². The number of hydrogen-bond acceptors (Lipinski definition) is 2. The first-order valence-electron chi connectivity index (χ1n) is 4.46. The Bertz CT molecular complexity index is 226. The van der Waals surface area contributed by atoms with Crippen molar-refractivity contribution in [3.63, 3.8) is 0 Å². The number of hydrogen-bond donors (Lipinski definition) is 0. The molecule has 1 heterocycles. The zero-order chi connectivity index (χ0) is 9.52. The maximum absolute atomic E-state index is 5.63. The maximum Gasteiger partial charge on any atom is 0.0351 e. The van der Waals surface area contributed by atoms with Gasteiger partial charge in [-0.05, 0) is 31.2 Å². The van der Waals surface area contributed by atoms with Crippen LogP contribution in [0.4, 0.5) is 0 Å². The highest BCUT2D eigenvalue weighted by Crippen LogP contribution is 1.98. The number of alkyl halides is 1. The second-order valence-corrected chi connectivity index (χ2v) is 3.48. The first-order valence-corrected chi connectivity index (χ1v) is 5.00. The second kappa shape index (κ2) is 5.95. The largest absolute Gasteiger partial charge is 0.305 e. The van der Waals surface area contributed by atoms with Crippen molar-refractivity contribution >= 4 is 11.6 Å². The highest BCUT2D eigenvalue weighted by Gasteiger charge is 1.97. The molecule has 72 valence electrons. The van der Waals surface area contributed by atoms with Crippen molar-refractivity contribution in [2.45, 2.75) is 6.42 Å². The van der Waals surface area contributed by atoms with Crippen molar-refractivity contribution < 1.29 is 0 Å². The SMILES string of the molecule is CN(CCCl)CCc1ccncc1. The van der Waals surface area contributed by atoms with Crippen molar-refractivity contribution in [2.24, 2.45) is 0 Å². The van der Waals surface area contributed by atoms with Crippen LogP contribution in [0.3, 0.4) is 0 Å². The number of halogens is 1. The van der Waals surface area contributed by atoms with Gasteiger partial charge in [-0.15, -0.1) is 11.6 Å². The van der Waals surface area contributed by atoms with E-state index in [1.165, 1.54) is 5.56 Å². The molecule has 0 saturated heterocycles. The monoisotopic (exact) mass is 198 g/mol. The van der Waals surface area contributed by atoms with Gasteiger partial charge in [0.2, 0.25) is 0 Å². The molecule has 0 radical (unpaired) electrons. The molecule has 13 heavy (non-hydrogen) atoms. The molecule has 0 aliphatic rings. The Morgan fingerprint density at radius 3 is 2.62 bits per heavy atom. The summed E-state index contributed by atoms with van der Waals surface area (Å²) in [6.45, 7) is 2.00. The van der Waals surface area contributed by atoms with Crippen molar-refractivity contribution in [1.82, 2.24) is 9.88 Å². The van der Waals surface area contributed by atoms with Crippen molar-refractivity contribution in [3.8, 4) is 0 Å². The van der Waals surface area contributed by atoms with Gasteiger partial charge < -0.3 is 4.90 Å². The van der Waals surface area contributed by atoms with Crippen LogP contribution >= 0.6 is 11.6 Å². The van der Waals surface area contributed by atoms with Crippen molar-refractivity contribution in [1.29, 1.82) is 0 Å². The zero-order valence-electron chi connectivity index (χ0n) is 7.91. The summed E-state index contributed by atoms with van der Waals surface area (Å²) in [7, 11) is 2.09. The van der Waals surface area contributed by atoms with Gasteiger partial charge in [-0.1, -0.05) is 0 Å². The number of likely N-dealkylation sites (N-methyl/N-ethyl adjacent to an activating group) is 1. The van der Waals surface area contributed by atoms with E-state index in [9.17, 15) is 0 Å². The number of pyridine rings is 1. The second-order valence-electron chi connectivity index (χ2n) is 3.10. The molecule has 0 aromatic carbocycles. The van der Waals surface area contributed by atoms with E-state index < -0.39 is 0 Å². The van der Waals surface area contributed by atoms with Gasteiger partial charge in [-0.2, -0.15) is 0 Å². The van der Waals surface area contributed by atoms with Gasteiger partial charge in [0.25, 0.3) is 0 Å². The van der Waals surface area contributed by atoms with Gasteiger partial charge in [-0.3, -0.25) is 4.98 Å². The average Bonchev–Trinajstić information content (AvgIpc) is 2.17. The fourth-order valence-electron chi connectivity index (χ4n) is 1.13. The molecule has 0 N–H and O–H groups in total. The van der Waals surface area contributed by atoms with Crippen molar-refractivity contribution in [2.75, 3.05) is 26.0 Å². The lowest BCUT2D eigenvalue weighted by Crippen LogP contribution is -2.23. The Morgan fingerprint density at radius 2 is 2.00 bits per heavy atom. The van der Waals surface area contributed by atoms with Crippen LogP contribution in [0.25, 0.3) is 0 Å². The molecule has 0 aliphatic heterocycles. The summed E-state index contributed by atoms with van der Waals surface area (Å²) < 4.78 is 0. The maximum atomic E-state index is 5.63. The Kier molecular flexibility index (Phi) is 4.79. The predicted molar refractivity (Wildman–Crippen MR) is 56.2 cm³/mol. The molecule has 0 aliphatic carbocycles. The van der Waals surface area contributed by atoms with Crippen LogP contribution < -0.4 is 0 Å². The molecular weight excluding hydrogens is 184 g/mol. The van der Waals surface area contributed by atoms with E-state index in [4.69, 9.17) is 11.6 Å². The summed E-state index contributed by atoms with van der Waals surface area (Å²) in [6.07, 6.45) is 4.73. The minimum Gasteiger partial charge on any atom is -0.305 e. The molecular formula is C10H15ClN2. The highest BCUT2D eigenvalue weighted by molar-refractivity contribution is 6.18. The van der Waals surface area contributed by atoms with Gasteiger partial charge in [0.1, 0.15) is 0 Å². The van der Waals surface area contributed by atoms with E-state index in [1.54, 1.807) is 0 Å². The van der Waals surface area contributed by atoms with E-state index in [0.29, 0.717) is 5.88 Å². The van der Waals surface area contributed by atoms with E-state index in [1.807, 2.05) is 12.4 Å². The standard InChI is InChI=1S/C10H15ClN2/c1-13(9-5-11)8-4-10-2-6-12-7-3-10/h2-3,6-7H,4-5,8-9H2,1H3. The molecule has 1 aromatic rings. The molecule has 3 heteroatoms. The lowest BCUT2D eigenvalue weighted by atomic mass is 10.2. The smallest absolute Gasteiger partial charge is 0.0351 e. The number of rotatable bonds is 5. The third kappa shape index (κ3) is 4.25. The number of aromatic nitrogens is 1. The molecule has 2 nitrogen and oxygen atoms in total. The lowest BCUT2D eigenvalue weighted by molar-refractivity contribution is 0.359. The molecule has 1 rings (SSSR count). The van der Waals surface area contributed by atoms with E-state index >= 15 is 0 Å². The van der Waals surface area contributed by atoms with Crippen LogP contribution in [-0.2, 0) is 6.42 Å². The molecule has 0 saturated carbocycles. The van der Waals surface area contributed by atoms with Crippen LogP contribution in [0, 0.1) is 0 Å². The minimum absolute atomic E-state index is 0.701. The quantitative estimate of drug-likeness (QED) is 0.671. The zero-order valence-corrected chi connectivity index (χ0v) is 8.67. The summed E-state index contributed by atoms with van der Waals surface area (Å²) in [5, 5.41) is 0. The Labute approximate surface area is 84.5 Å². The molecule has 0 fully saturated rings. The van der Waals surface area contributed by atoms with Crippen LogP contribution in [0.1, 0.15) is 5.56 Å². The van der Waals surface area contributed by atoms with Crippen LogP contribution in [0.15, 0.2) is 24.5 Å². The normalized spacial score (nSPS) is 10.7. The fraction of sp³-hybridized carbons (Fsp3) is 0.500. The average molecular weight is 199 g/mol. The molecule has 0 unspecified atom stereocenters. The van der Waals surface area contributed by atoms with Crippen LogP contribution in [0.2, 0.25) is 0 Å². The van der Waals surface area contributed by atoms with Crippen molar-refractivity contribution in [3.05, 3.63) is 30.1 Å². The Hall–Kier alpha value is -0.600. The summed E-state index contributed by atoms with van der Waals surface area (Å²) in [4.78, 5) is 6.20. The first kappa shape index (κ1) is 10.5. The van der Waals surface area contributed by atoms with Gasteiger partial charge >= 0.3 is 0 Å². The number of nitrogens with zero attached hydrogens (tertiary/aromatic N) is 2. The van der Waals surface area contributed by atoms with E-state index in [-0.39, 0.29) is 0 Å². The summed E-state index contributed by atoms with van der Waals surface area (Å²) in [5.41, 5.74) is 1.33. The van der Waals surface area contributed by atoms with Crippen LogP contribution in [0.5, 0.6) is 0 Å². The molecule has 0 atom stereocenters. The van der Waals surface area contributed by atoms with Gasteiger partial charge in [0, 0.05) is 31.4 Å². The summed E-state index contributed by atoms with van der Waals surface area (Å²) in [5.74, 6) is 0.701. The predicted octanol–water partition coefficient (Wildman–Crippen LogP) is 1.79. The fourth-order valence-corrected chi connectivity index (χ4v) is 1.41. The lowest BCUT2D eigenvalue weighted by Gasteiger charge is -2.14. The third-order valence-corrected chi connectivity index (χ3v) is 2.17. The minimum atomic E-state index is 0.701. The van der Waals surface area contributed by atoms with Gasteiger partial charge in [-0.25, -0.2) is 0 Å². The molecule has 0 spiro atoms. The first-order chi connectivity index (χ1) is 6.33. The molecule has 0 amide bonds. The third-order valence-electron chi connectivity index (χ3n) is 2.00. The Morgan fingerprint density at radius 1 is 1.31 bits per heavy atom. The van der Waals surface area contributed by atoms with Crippen LogP contribution in [-0.4, -0.2) is 35.9 Å². The highest BCUT2D eigenvalue weighted by atomic mass is 35.5. The van der Waals surface area contributed by atoms with Gasteiger partial charge in [0.05, 0.1) is 0 Å². The van der Waals surface area contributed by atoms with Gasteiger partial charge in [0.15, 0.2) is 0 Å². The molecule has 0 bridgehead atoms. The molecule has 1 aromatic heterocycles. The Balaban J connectivity index is 2.27. The summed E-state index contributed by atoms with van der Waals surface area (Å²) in [6, 6.07) is 4.10.